The van der Waals surface area contributed by atoms with Gasteiger partial charge in [-0.2, -0.15) is 5.10 Å². The lowest BCUT2D eigenvalue weighted by atomic mass is 10.1. The summed E-state index contributed by atoms with van der Waals surface area (Å²) in [5.41, 5.74) is 7.32. The van der Waals surface area contributed by atoms with E-state index in [2.05, 4.69) is 24.0 Å². The molecule has 8 nitrogen and oxygen atoms in total. The van der Waals surface area contributed by atoms with E-state index >= 15 is 0 Å². The first-order valence-electron chi connectivity index (χ1n) is 10.6. The van der Waals surface area contributed by atoms with Crippen molar-refractivity contribution in [2.24, 2.45) is 11.7 Å². The standard InChI is InChI=1S/C21H27N7OS/c1-13(14-3-4-14)26(2)18-11-17(20(29)27-7-5-15(22)6-8-27)24-19(25-18)16-12-23-28-9-10-30-21(16)28/h9-15H,3-8,22H2,1-2H3/t13-/m0/s1. The van der Waals surface area contributed by atoms with Crippen LogP contribution in [0.5, 0.6) is 0 Å². The van der Waals surface area contributed by atoms with Gasteiger partial charge in [-0.15, -0.1) is 11.3 Å². The lowest BCUT2D eigenvalue weighted by Gasteiger charge is -2.30. The third-order valence-electron chi connectivity index (χ3n) is 6.41. The van der Waals surface area contributed by atoms with Crippen molar-refractivity contribution in [1.29, 1.82) is 0 Å². The van der Waals surface area contributed by atoms with Gasteiger partial charge in [0.15, 0.2) is 5.82 Å². The molecule has 3 aromatic heterocycles. The first-order chi connectivity index (χ1) is 14.5. The summed E-state index contributed by atoms with van der Waals surface area (Å²) in [6.45, 7) is 3.57. The summed E-state index contributed by atoms with van der Waals surface area (Å²) in [6.07, 6.45) is 7.86. The van der Waals surface area contributed by atoms with Crippen LogP contribution < -0.4 is 10.6 Å². The molecule has 0 spiro atoms. The van der Waals surface area contributed by atoms with Crippen molar-refractivity contribution >= 4 is 27.9 Å². The van der Waals surface area contributed by atoms with E-state index in [-0.39, 0.29) is 11.9 Å². The van der Waals surface area contributed by atoms with Crippen LogP contribution in [0.25, 0.3) is 16.2 Å². The molecule has 1 atom stereocenters. The molecule has 2 N–H and O–H groups in total. The van der Waals surface area contributed by atoms with E-state index in [1.54, 1.807) is 17.5 Å². The van der Waals surface area contributed by atoms with Gasteiger partial charge in [0.1, 0.15) is 16.3 Å². The van der Waals surface area contributed by atoms with E-state index in [9.17, 15) is 4.79 Å². The molecular formula is C21H27N7OS. The maximum Gasteiger partial charge on any atom is 0.272 e. The number of fused-ring (bicyclic) bond motifs is 1. The van der Waals surface area contributed by atoms with Gasteiger partial charge >= 0.3 is 0 Å². The summed E-state index contributed by atoms with van der Waals surface area (Å²) >= 11 is 1.59. The molecule has 30 heavy (non-hydrogen) atoms. The minimum absolute atomic E-state index is 0.0473. The molecule has 0 unspecified atom stereocenters. The first kappa shape index (κ1) is 19.4. The summed E-state index contributed by atoms with van der Waals surface area (Å²) in [4.78, 5) is 27.9. The lowest BCUT2D eigenvalue weighted by molar-refractivity contribution is 0.0708. The largest absolute Gasteiger partial charge is 0.357 e. The van der Waals surface area contributed by atoms with Gasteiger partial charge < -0.3 is 15.5 Å². The molecule has 1 aliphatic carbocycles. The van der Waals surface area contributed by atoms with E-state index in [1.807, 2.05) is 27.1 Å². The smallest absolute Gasteiger partial charge is 0.272 e. The van der Waals surface area contributed by atoms with E-state index in [0.29, 0.717) is 36.6 Å². The van der Waals surface area contributed by atoms with Crippen molar-refractivity contribution in [1.82, 2.24) is 24.5 Å². The number of aromatic nitrogens is 4. The third kappa shape index (κ3) is 3.56. The highest BCUT2D eigenvalue weighted by Crippen LogP contribution is 2.36. The second-order valence-electron chi connectivity index (χ2n) is 8.46. The number of carbonyl (C=O) groups is 1. The number of likely N-dealkylation sites (tertiary alicyclic amines) is 1. The Morgan fingerprint density at radius 3 is 2.77 bits per heavy atom. The van der Waals surface area contributed by atoms with Crippen LogP contribution in [0.2, 0.25) is 0 Å². The highest BCUT2D eigenvalue weighted by atomic mass is 32.1. The SMILES string of the molecule is C[C@@H](C1CC1)N(C)c1cc(C(=O)N2CCC(N)CC2)nc(-c2cnn3ccsc23)n1. The maximum absolute atomic E-state index is 13.3. The number of nitrogens with zero attached hydrogens (tertiary/aromatic N) is 6. The fourth-order valence-corrected chi connectivity index (χ4v) is 4.89. The summed E-state index contributed by atoms with van der Waals surface area (Å²) < 4.78 is 1.82. The molecule has 1 saturated carbocycles. The van der Waals surface area contributed by atoms with Crippen LogP contribution in [0.3, 0.4) is 0 Å². The molecule has 2 fully saturated rings. The van der Waals surface area contributed by atoms with Crippen LogP contribution in [-0.4, -0.2) is 62.6 Å². The van der Waals surface area contributed by atoms with Crippen molar-refractivity contribution in [2.75, 3.05) is 25.0 Å². The van der Waals surface area contributed by atoms with Crippen molar-refractivity contribution < 1.29 is 4.79 Å². The second kappa shape index (κ2) is 7.63. The molecule has 5 rings (SSSR count). The fourth-order valence-electron chi connectivity index (χ4n) is 4.09. The van der Waals surface area contributed by atoms with Crippen LogP contribution in [0, 0.1) is 5.92 Å². The molecule has 2 aliphatic rings. The molecule has 158 valence electrons. The van der Waals surface area contributed by atoms with Gasteiger partial charge in [-0.3, -0.25) is 4.79 Å². The number of carbonyl (C=O) groups excluding carboxylic acids is 1. The van der Waals surface area contributed by atoms with Gasteiger partial charge in [0.25, 0.3) is 5.91 Å². The van der Waals surface area contributed by atoms with Gasteiger partial charge in [0, 0.05) is 49.9 Å². The average Bonchev–Trinajstić information content (AvgIpc) is 3.37. The molecule has 0 aromatic carbocycles. The fraction of sp³-hybridized carbons (Fsp3) is 0.524. The lowest BCUT2D eigenvalue weighted by Crippen LogP contribution is -2.43. The van der Waals surface area contributed by atoms with Crippen LogP contribution in [0.15, 0.2) is 23.8 Å². The molecule has 0 bridgehead atoms. The van der Waals surface area contributed by atoms with E-state index in [4.69, 9.17) is 15.7 Å². The predicted octanol–water partition coefficient (Wildman–Crippen LogP) is 2.65. The zero-order valence-corrected chi connectivity index (χ0v) is 18.2. The molecule has 1 saturated heterocycles. The van der Waals surface area contributed by atoms with E-state index < -0.39 is 0 Å². The topological polar surface area (TPSA) is 92.7 Å². The average molecular weight is 426 g/mol. The minimum Gasteiger partial charge on any atom is -0.357 e. The van der Waals surface area contributed by atoms with Crippen LogP contribution in [0.1, 0.15) is 43.1 Å². The second-order valence-corrected chi connectivity index (χ2v) is 9.36. The predicted molar refractivity (Wildman–Crippen MR) is 118 cm³/mol. The number of piperidine rings is 1. The molecule has 9 heteroatoms. The Hall–Kier alpha value is -2.52. The van der Waals surface area contributed by atoms with E-state index in [1.165, 1.54) is 12.8 Å². The highest BCUT2D eigenvalue weighted by molar-refractivity contribution is 7.16. The normalized spacial score (nSPS) is 18.7. The quantitative estimate of drug-likeness (QED) is 0.676. The Morgan fingerprint density at radius 1 is 1.27 bits per heavy atom. The highest BCUT2D eigenvalue weighted by Gasteiger charge is 2.32. The van der Waals surface area contributed by atoms with Gasteiger partial charge in [-0.25, -0.2) is 14.5 Å². The first-order valence-corrected chi connectivity index (χ1v) is 11.5. The Morgan fingerprint density at radius 2 is 2.03 bits per heavy atom. The summed E-state index contributed by atoms with van der Waals surface area (Å²) in [6, 6.07) is 2.39. The third-order valence-corrected chi connectivity index (χ3v) is 7.30. The summed E-state index contributed by atoms with van der Waals surface area (Å²) in [5.74, 6) is 1.98. The number of thiazole rings is 1. The number of nitrogens with two attached hydrogens (primary N) is 1. The van der Waals surface area contributed by atoms with Crippen molar-refractivity contribution in [3.05, 3.63) is 29.5 Å². The summed E-state index contributed by atoms with van der Waals surface area (Å²) in [5, 5.41) is 6.39. The number of hydrogen-bond acceptors (Lipinski definition) is 7. The molecule has 1 amide bonds. The van der Waals surface area contributed by atoms with Crippen molar-refractivity contribution in [3.8, 4) is 11.4 Å². The monoisotopic (exact) mass is 425 g/mol. The molecule has 0 radical (unpaired) electrons. The molecule has 4 heterocycles. The minimum atomic E-state index is -0.0473. The van der Waals surface area contributed by atoms with Gasteiger partial charge in [0.05, 0.1) is 11.8 Å². The number of hydrogen-bond donors (Lipinski definition) is 1. The Kier molecular flexibility index (Phi) is 4.94. The van der Waals surface area contributed by atoms with Crippen molar-refractivity contribution in [3.63, 3.8) is 0 Å². The Balaban J connectivity index is 1.54. The van der Waals surface area contributed by atoms with Crippen molar-refractivity contribution in [2.45, 2.75) is 44.7 Å². The Labute approximate surface area is 179 Å². The zero-order chi connectivity index (χ0) is 20.8. The zero-order valence-electron chi connectivity index (χ0n) is 17.4. The van der Waals surface area contributed by atoms with Gasteiger partial charge in [-0.05, 0) is 38.5 Å². The summed E-state index contributed by atoms with van der Waals surface area (Å²) in [7, 11) is 2.06. The van der Waals surface area contributed by atoms with Crippen LogP contribution in [-0.2, 0) is 0 Å². The maximum atomic E-state index is 13.3. The van der Waals surface area contributed by atoms with Crippen LogP contribution >= 0.6 is 11.3 Å². The number of amides is 1. The molecular weight excluding hydrogens is 398 g/mol. The number of anilines is 1. The van der Waals surface area contributed by atoms with Gasteiger partial charge in [0.2, 0.25) is 0 Å². The molecule has 3 aromatic rings. The van der Waals surface area contributed by atoms with Crippen LogP contribution in [0.4, 0.5) is 5.82 Å². The number of rotatable bonds is 5. The molecule has 1 aliphatic heterocycles. The van der Waals surface area contributed by atoms with Gasteiger partial charge in [-0.1, -0.05) is 0 Å². The Bertz CT molecular complexity index is 1060. The van der Waals surface area contributed by atoms with E-state index in [0.717, 1.165) is 29.1 Å².